The van der Waals surface area contributed by atoms with Gasteiger partial charge in [-0.3, -0.25) is 9.80 Å². The Labute approximate surface area is 239 Å². The predicted octanol–water partition coefficient (Wildman–Crippen LogP) is 5.20. The highest BCUT2D eigenvalue weighted by Crippen LogP contribution is 2.47. The van der Waals surface area contributed by atoms with E-state index in [0.29, 0.717) is 30.3 Å². The van der Waals surface area contributed by atoms with Gasteiger partial charge < -0.3 is 24.2 Å². The molecule has 0 aromatic heterocycles. The monoisotopic (exact) mass is 551 g/mol. The van der Waals surface area contributed by atoms with Crippen LogP contribution in [0.3, 0.4) is 0 Å². The van der Waals surface area contributed by atoms with E-state index in [1.807, 2.05) is 22.8 Å². The molecule has 2 fully saturated rings. The number of ether oxygens (including phenoxy) is 3. The minimum absolute atomic E-state index is 0.0651. The molecule has 2 amide bonds. The maximum atomic E-state index is 14.0. The lowest BCUT2D eigenvalue weighted by atomic mass is 9.82. The number of β-amino-alcohol motifs (C(OH)–C–C–N with tert-alkyl or cyclic N) is 1. The Bertz CT molecular complexity index is 1230. The molecule has 0 bridgehead atoms. The van der Waals surface area contributed by atoms with E-state index in [-0.39, 0.29) is 12.6 Å². The molecule has 1 spiro atoms. The molecule has 2 aliphatic rings. The molecule has 2 aromatic carbocycles. The number of aliphatic hydroxyl groups is 1. The van der Waals surface area contributed by atoms with E-state index < -0.39 is 5.54 Å². The number of nitrogens with zero attached hydrogens (tertiary/aromatic N) is 3. The summed E-state index contributed by atoms with van der Waals surface area (Å²) >= 11 is 0. The molecule has 2 heterocycles. The maximum absolute atomic E-state index is 14.0. The van der Waals surface area contributed by atoms with Crippen molar-refractivity contribution in [3.05, 3.63) is 63.9 Å². The fourth-order valence-corrected chi connectivity index (χ4v) is 6.59. The number of benzene rings is 2. The molecule has 8 nitrogen and oxygen atoms in total. The van der Waals surface area contributed by atoms with Crippen LogP contribution in [0.5, 0.6) is 17.2 Å². The van der Waals surface area contributed by atoms with Crippen LogP contribution in [-0.2, 0) is 13.1 Å². The summed E-state index contributed by atoms with van der Waals surface area (Å²) in [6.07, 6.45) is 4.65. The lowest BCUT2D eigenvalue weighted by Gasteiger charge is -2.44. The number of amides is 2. The minimum Gasteiger partial charge on any atom is -0.493 e. The highest BCUT2D eigenvalue weighted by Gasteiger charge is 2.54. The molecule has 0 radical (unpaired) electrons. The van der Waals surface area contributed by atoms with Gasteiger partial charge in [-0.2, -0.15) is 0 Å². The SMILES string of the molecule is CC/C=C1\N(Cc2cc(OC)c(OC)c(OC)c2C)C(=O)N(CCO)C12CCN(Cc1cc(C)cc(C)c1)CC2. The lowest BCUT2D eigenvalue weighted by molar-refractivity contribution is 0.0747. The predicted molar refractivity (Wildman–Crippen MR) is 157 cm³/mol. The molecule has 1 N–H and O–H groups in total. The van der Waals surface area contributed by atoms with Crippen LogP contribution < -0.4 is 14.2 Å². The number of aliphatic hydroxyl groups excluding tert-OH is 1. The molecule has 0 saturated carbocycles. The molecule has 2 saturated heterocycles. The Morgan fingerprint density at radius 2 is 1.57 bits per heavy atom. The van der Waals surface area contributed by atoms with Crippen LogP contribution in [0.25, 0.3) is 0 Å². The van der Waals surface area contributed by atoms with Gasteiger partial charge in [0.1, 0.15) is 0 Å². The summed E-state index contributed by atoms with van der Waals surface area (Å²) < 4.78 is 16.9. The van der Waals surface area contributed by atoms with E-state index in [0.717, 1.165) is 55.7 Å². The Morgan fingerprint density at radius 1 is 0.925 bits per heavy atom. The third-order valence-electron chi connectivity index (χ3n) is 8.35. The van der Waals surface area contributed by atoms with E-state index in [2.05, 4.69) is 49.9 Å². The van der Waals surface area contributed by atoms with Gasteiger partial charge in [0.15, 0.2) is 11.5 Å². The first-order chi connectivity index (χ1) is 19.2. The first-order valence-corrected chi connectivity index (χ1v) is 14.2. The summed E-state index contributed by atoms with van der Waals surface area (Å²) in [5, 5.41) is 10.00. The largest absolute Gasteiger partial charge is 0.493 e. The number of hydrogen-bond acceptors (Lipinski definition) is 6. The summed E-state index contributed by atoms with van der Waals surface area (Å²) in [5.74, 6) is 1.71. The summed E-state index contributed by atoms with van der Waals surface area (Å²) in [6, 6.07) is 8.60. The number of methoxy groups -OCH3 is 3. The van der Waals surface area contributed by atoms with Gasteiger partial charge in [-0.1, -0.05) is 42.3 Å². The Kier molecular flexibility index (Phi) is 9.31. The summed E-state index contributed by atoms with van der Waals surface area (Å²) in [7, 11) is 4.81. The van der Waals surface area contributed by atoms with Crippen molar-refractivity contribution < 1.29 is 24.1 Å². The molecule has 2 aromatic rings. The van der Waals surface area contributed by atoms with Crippen molar-refractivity contribution in [2.24, 2.45) is 0 Å². The van der Waals surface area contributed by atoms with E-state index in [1.165, 1.54) is 16.7 Å². The van der Waals surface area contributed by atoms with E-state index >= 15 is 0 Å². The minimum atomic E-state index is -0.441. The summed E-state index contributed by atoms with van der Waals surface area (Å²) in [4.78, 5) is 20.3. The standard InChI is InChI=1S/C32H45N3O5/c1-8-9-28-32(10-12-33(13-11-32)20-25-17-22(2)16-23(3)18-25)35(14-15-36)31(37)34(28)21-26-19-27(38-5)30(40-7)29(39-6)24(26)4/h9,16-19,36H,8,10-15,20-21H2,1-7H3/b28-9-. The van der Waals surface area contributed by atoms with Crippen LogP contribution >= 0.6 is 0 Å². The van der Waals surface area contributed by atoms with Gasteiger partial charge in [0, 0.05) is 37.4 Å². The van der Waals surface area contributed by atoms with Gasteiger partial charge in [-0.15, -0.1) is 0 Å². The molecule has 0 unspecified atom stereocenters. The number of carbonyl (C=O) groups is 1. The average molecular weight is 552 g/mol. The average Bonchev–Trinajstić information content (AvgIpc) is 3.12. The number of urea groups is 1. The van der Waals surface area contributed by atoms with Crippen LogP contribution in [0.1, 0.15) is 54.0 Å². The van der Waals surface area contributed by atoms with Gasteiger partial charge in [0.2, 0.25) is 5.75 Å². The number of aryl methyl sites for hydroxylation is 2. The molecule has 0 aliphatic carbocycles. The molecular formula is C32H45N3O5. The van der Waals surface area contributed by atoms with E-state index in [1.54, 1.807) is 21.3 Å². The Morgan fingerprint density at radius 3 is 2.12 bits per heavy atom. The van der Waals surface area contributed by atoms with Crippen LogP contribution in [0.2, 0.25) is 0 Å². The van der Waals surface area contributed by atoms with Gasteiger partial charge >= 0.3 is 6.03 Å². The molecule has 0 atom stereocenters. The number of carbonyl (C=O) groups excluding carboxylic acids is 1. The third-order valence-corrected chi connectivity index (χ3v) is 8.35. The smallest absolute Gasteiger partial charge is 0.325 e. The second-order valence-corrected chi connectivity index (χ2v) is 11.0. The Hall–Kier alpha value is -3.23. The highest BCUT2D eigenvalue weighted by molar-refractivity contribution is 5.82. The molecule has 8 heteroatoms. The molecular weight excluding hydrogens is 506 g/mol. The zero-order valence-corrected chi connectivity index (χ0v) is 25.2. The van der Waals surface area contributed by atoms with Crippen molar-refractivity contribution in [1.82, 2.24) is 14.7 Å². The topological polar surface area (TPSA) is 74.7 Å². The van der Waals surface area contributed by atoms with Gasteiger partial charge in [-0.25, -0.2) is 4.79 Å². The second-order valence-electron chi connectivity index (χ2n) is 11.0. The van der Waals surface area contributed by atoms with Crippen molar-refractivity contribution in [2.45, 2.75) is 65.6 Å². The number of piperidine rings is 1. The van der Waals surface area contributed by atoms with Crippen molar-refractivity contribution in [2.75, 3.05) is 47.6 Å². The number of allylic oxidation sites excluding steroid dienone is 1. The number of likely N-dealkylation sites (tertiary alicyclic amines) is 1. The fourth-order valence-electron chi connectivity index (χ4n) is 6.59. The molecule has 2 aliphatic heterocycles. The van der Waals surface area contributed by atoms with Crippen LogP contribution in [0.15, 0.2) is 36.0 Å². The summed E-state index contributed by atoms with van der Waals surface area (Å²) in [5.41, 5.74) is 6.32. The second kappa shape index (κ2) is 12.5. The third kappa shape index (κ3) is 5.52. The first-order valence-electron chi connectivity index (χ1n) is 14.2. The van der Waals surface area contributed by atoms with Gasteiger partial charge in [0.05, 0.1) is 40.0 Å². The zero-order chi connectivity index (χ0) is 29.0. The fraction of sp³-hybridized carbons (Fsp3) is 0.531. The normalized spacial score (nSPS) is 18.2. The molecule has 40 heavy (non-hydrogen) atoms. The number of hydrogen-bond donors (Lipinski definition) is 1. The highest BCUT2D eigenvalue weighted by atomic mass is 16.5. The van der Waals surface area contributed by atoms with Crippen LogP contribution in [0, 0.1) is 20.8 Å². The van der Waals surface area contributed by atoms with Crippen LogP contribution in [-0.4, -0.2) is 78.9 Å². The van der Waals surface area contributed by atoms with Gasteiger partial charge in [-0.05, 0) is 57.2 Å². The number of rotatable bonds is 10. The van der Waals surface area contributed by atoms with Crippen molar-refractivity contribution >= 4 is 6.03 Å². The first kappa shape index (κ1) is 29.7. The quantitative estimate of drug-likeness (QED) is 0.438. The van der Waals surface area contributed by atoms with Gasteiger partial charge in [0.25, 0.3) is 0 Å². The van der Waals surface area contributed by atoms with E-state index in [9.17, 15) is 9.90 Å². The zero-order valence-electron chi connectivity index (χ0n) is 25.2. The molecule has 4 rings (SSSR count). The molecule has 218 valence electrons. The van der Waals surface area contributed by atoms with Crippen LogP contribution in [0.4, 0.5) is 4.79 Å². The lowest BCUT2D eigenvalue weighted by Crippen LogP contribution is -2.54. The van der Waals surface area contributed by atoms with Crippen molar-refractivity contribution in [1.29, 1.82) is 0 Å². The Balaban J connectivity index is 1.65. The van der Waals surface area contributed by atoms with Crippen molar-refractivity contribution in [3.63, 3.8) is 0 Å². The van der Waals surface area contributed by atoms with E-state index in [4.69, 9.17) is 14.2 Å². The summed E-state index contributed by atoms with van der Waals surface area (Å²) in [6.45, 7) is 11.6. The van der Waals surface area contributed by atoms with Crippen molar-refractivity contribution in [3.8, 4) is 17.2 Å². The maximum Gasteiger partial charge on any atom is 0.325 e.